The van der Waals surface area contributed by atoms with Crippen molar-refractivity contribution in [2.24, 2.45) is 11.1 Å². The molecule has 1 aliphatic rings. The summed E-state index contributed by atoms with van der Waals surface area (Å²) in [6.07, 6.45) is 1.43. The van der Waals surface area contributed by atoms with Crippen molar-refractivity contribution in [2.75, 3.05) is 6.61 Å². The van der Waals surface area contributed by atoms with Gasteiger partial charge in [0.05, 0.1) is 6.10 Å². The third-order valence-corrected chi connectivity index (χ3v) is 4.51. The molecule has 2 rings (SSSR count). The van der Waals surface area contributed by atoms with Gasteiger partial charge in [0, 0.05) is 30.5 Å². The number of hydrogen-bond acceptors (Lipinski definition) is 3. The van der Waals surface area contributed by atoms with Gasteiger partial charge in [0.2, 0.25) is 5.91 Å². The van der Waals surface area contributed by atoms with E-state index < -0.39 is 0 Å². The smallest absolute Gasteiger partial charge is 0.222 e. The van der Waals surface area contributed by atoms with Gasteiger partial charge in [-0.1, -0.05) is 44.2 Å². The van der Waals surface area contributed by atoms with Gasteiger partial charge in [-0.3, -0.25) is 4.79 Å². The summed E-state index contributed by atoms with van der Waals surface area (Å²) in [7, 11) is 0. The van der Waals surface area contributed by atoms with Crippen LogP contribution in [0.4, 0.5) is 0 Å². The third kappa shape index (κ3) is 3.63. The zero-order chi connectivity index (χ0) is 15.5. The second-order valence-corrected chi connectivity index (χ2v) is 6.34. The molecular weight excluding hydrogens is 264 g/mol. The molecule has 1 aromatic carbocycles. The van der Waals surface area contributed by atoms with E-state index in [-0.39, 0.29) is 29.5 Å². The minimum absolute atomic E-state index is 0.0114. The second-order valence-electron chi connectivity index (χ2n) is 6.34. The van der Waals surface area contributed by atoms with Gasteiger partial charge in [-0.15, -0.1) is 0 Å². The highest BCUT2D eigenvalue weighted by atomic mass is 16.5. The van der Waals surface area contributed by atoms with E-state index in [0.717, 1.165) is 12.0 Å². The quantitative estimate of drug-likeness (QED) is 0.845. The molecule has 3 N–H and O–H groups in total. The molecule has 3 atom stereocenters. The average Bonchev–Trinajstić information content (AvgIpc) is 2.47. The van der Waals surface area contributed by atoms with Crippen molar-refractivity contribution >= 4 is 5.91 Å². The molecule has 3 unspecified atom stereocenters. The molecule has 0 spiro atoms. The predicted molar refractivity (Wildman–Crippen MR) is 83.7 cm³/mol. The van der Waals surface area contributed by atoms with Crippen molar-refractivity contribution in [3.63, 3.8) is 0 Å². The van der Waals surface area contributed by atoms with Crippen LogP contribution in [-0.2, 0) is 9.53 Å². The topological polar surface area (TPSA) is 64.3 Å². The lowest BCUT2D eigenvalue weighted by Gasteiger charge is -2.51. The number of ether oxygens (including phenoxy) is 1. The maximum absolute atomic E-state index is 12.2. The summed E-state index contributed by atoms with van der Waals surface area (Å²) >= 11 is 0. The van der Waals surface area contributed by atoms with Crippen molar-refractivity contribution in [3.05, 3.63) is 35.9 Å². The van der Waals surface area contributed by atoms with Gasteiger partial charge in [0.15, 0.2) is 0 Å². The second kappa shape index (κ2) is 6.58. The van der Waals surface area contributed by atoms with Crippen molar-refractivity contribution in [1.29, 1.82) is 0 Å². The van der Waals surface area contributed by atoms with E-state index in [1.54, 1.807) is 0 Å². The Hall–Kier alpha value is -1.39. The SMILES string of the molecule is CCOC1CC(NC(=O)CC(N)c2ccccc2)C1(C)C. The molecule has 0 aliphatic heterocycles. The predicted octanol–water partition coefficient (Wildman–Crippen LogP) is 2.40. The number of carbonyl (C=O) groups is 1. The maximum atomic E-state index is 12.2. The van der Waals surface area contributed by atoms with Crippen LogP contribution in [0.25, 0.3) is 0 Å². The van der Waals surface area contributed by atoms with Crippen LogP contribution in [0, 0.1) is 5.41 Å². The Morgan fingerprint density at radius 3 is 2.67 bits per heavy atom. The zero-order valence-electron chi connectivity index (χ0n) is 13.1. The first-order chi connectivity index (χ1) is 9.95. The largest absolute Gasteiger partial charge is 0.378 e. The van der Waals surface area contributed by atoms with E-state index >= 15 is 0 Å². The van der Waals surface area contributed by atoms with Crippen molar-refractivity contribution < 1.29 is 9.53 Å². The van der Waals surface area contributed by atoms with E-state index in [0.29, 0.717) is 13.0 Å². The minimum atomic E-state index is -0.253. The first-order valence-corrected chi connectivity index (χ1v) is 7.66. The van der Waals surface area contributed by atoms with Crippen molar-refractivity contribution in [1.82, 2.24) is 5.32 Å². The molecule has 116 valence electrons. The lowest BCUT2D eigenvalue weighted by molar-refractivity contribution is -0.136. The summed E-state index contributed by atoms with van der Waals surface area (Å²) in [6.45, 7) is 6.99. The lowest BCUT2D eigenvalue weighted by Crippen LogP contribution is -2.62. The fourth-order valence-corrected chi connectivity index (χ4v) is 2.89. The molecular formula is C17H26N2O2. The van der Waals surface area contributed by atoms with Crippen LogP contribution in [-0.4, -0.2) is 24.7 Å². The van der Waals surface area contributed by atoms with Gasteiger partial charge in [-0.05, 0) is 18.9 Å². The average molecular weight is 290 g/mol. The molecule has 4 nitrogen and oxygen atoms in total. The van der Waals surface area contributed by atoms with Crippen LogP contribution in [0.5, 0.6) is 0 Å². The number of benzene rings is 1. The Balaban J connectivity index is 1.83. The molecule has 21 heavy (non-hydrogen) atoms. The number of carbonyl (C=O) groups excluding carboxylic acids is 1. The molecule has 4 heteroatoms. The van der Waals surface area contributed by atoms with Crippen LogP contribution in [0.2, 0.25) is 0 Å². The number of nitrogens with one attached hydrogen (secondary N) is 1. The van der Waals surface area contributed by atoms with Crippen LogP contribution in [0.15, 0.2) is 30.3 Å². The van der Waals surface area contributed by atoms with Crippen molar-refractivity contribution in [3.8, 4) is 0 Å². The molecule has 0 aromatic heterocycles. The van der Waals surface area contributed by atoms with Gasteiger partial charge in [0.1, 0.15) is 0 Å². The Morgan fingerprint density at radius 1 is 1.43 bits per heavy atom. The highest BCUT2D eigenvalue weighted by Crippen LogP contribution is 2.42. The monoisotopic (exact) mass is 290 g/mol. The van der Waals surface area contributed by atoms with Crippen LogP contribution >= 0.6 is 0 Å². The number of nitrogens with two attached hydrogens (primary N) is 1. The highest BCUT2D eigenvalue weighted by Gasteiger charge is 2.49. The third-order valence-electron chi connectivity index (χ3n) is 4.51. The fourth-order valence-electron chi connectivity index (χ4n) is 2.89. The molecule has 0 saturated heterocycles. The van der Waals surface area contributed by atoms with Crippen LogP contribution in [0.3, 0.4) is 0 Å². The molecule has 1 aromatic rings. The molecule has 0 heterocycles. The van der Waals surface area contributed by atoms with E-state index in [1.807, 2.05) is 37.3 Å². The number of amides is 1. The lowest BCUT2D eigenvalue weighted by atomic mass is 9.64. The number of rotatable bonds is 6. The minimum Gasteiger partial charge on any atom is -0.378 e. The summed E-state index contributed by atoms with van der Waals surface area (Å²) in [6, 6.07) is 9.65. The zero-order valence-corrected chi connectivity index (χ0v) is 13.1. The number of hydrogen-bond donors (Lipinski definition) is 2. The molecule has 0 bridgehead atoms. The Bertz CT molecular complexity index is 473. The van der Waals surface area contributed by atoms with E-state index in [9.17, 15) is 4.79 Å². The van der Waals surface area contributed by atoms with Crippen LogP contribution in [0.1, 0.15) is 45.2 Å². The van der Waals surface area contributed by atoms with Gasteiger partial charge in [0.25, 0.3) is 0 Å². The van der Waals surface area contributed by atoms with Crippen LogP contribution < -0.4 is 11.1 Å². The van der Waals surface area contributed by atoms with Gasteiger partial charge in [-0.2, -0.15) is 0 Å². The Kier molecular flexibility index (Phi) is 5.01. The standard InChI is InChI=1S/C17H26N2O2/c1-4-21-15-11-14(17(15,2)3)19-16(20)10-13(18)12-8-6-5-7-9-12/h5-9,13-15H,4,10-11,18H2,1-3H3,(H,19,20). The Labute approximate surface area is 127 Å². The Morgan fingerprint density at radius 2 is 2.10 bits per heavy atom. The van der Waals surface area contributed by atoms with E-state index in [1.165, 1.54) is 0 Å². The summed E-state index contributed by atoms with van der Waals surface area (Å²) < 4.78 is 5.68. The van der Waals surface area contributed by atoms with E-state index in [2.05, 4.69) is 19.2 Å². The summed E-state index contributed by atoms with van der Waals surface area (Å²) in [5.74, 6) is 0.0133. The van der Waals surface area contributed by atoms with Crippen molar-refractivity contribution in [2.45, 2.75) is 51.8 Å². The summed E-state index contributed by atoms with van der Waals surface area (Å²) in [4.78, 5) is 12.2. The summed E-state index contributed by atoms with van der Waals surface area (Å²) in [5.41, 5.74) is 7.07. The molecule has 1 fully saturated rings. The normalized spacial score (nSPS) is 25.0. The molecule has 1 amide bonds. The summed E-state index contributed by atoms with van der Waals surface area (Å²) in [5, 5.41) is 3.10. The highest BCUT2D eigenvalue weighted by molar-refractivity contribution is 5.77. The molecule has 1 saturated carbocycles. The molecule has 0 radical (unpaired) electrons. The first-order valence-electron chi connectivity index (χ1n) is 7.66. The first kappa shape index (κ1) is 16.0. The fraction of sp³-hybridized carbons (Fsp3) is 0.588. The van der Waals surface area contributed by atoms with Gasteiger partial charge in [-0.25, -0.2) is 0 Å². The maximum Gasteiger partial charge on any atom is 0.222 e. The van der Waals surface area contributed by atoms with E-state index in [4.69, 9.17) is 10.5 Å². The van der Waals surface area contributed by atoms with Gasteiger partial charge >= 0.3 is 0 Å². The molecule has 1 aliphatic carbocycles. The van der Waals surface area contributed by atoms with Gasteiger partial charge < -0.3 is 15.8 Å².